The summed E-state index contributed by atoms with van der Waals surface area (Å²) < 4.78 is 27.8. The maximum absolute atomic E-state index is 12.6. The first-order chi connectivity index (χ1) is 11.9. The molecular formula is C17H20ClN3O2S2. The smallest absolute Gasteiger partial charge is 0.240 e. The Morgan fingerprint density at radius 1 is 1.32 bits per heavy atom. The van der Waals surface area contributed by atoms with Gasteiger partial charge >= 0.3 is 0 Å². The fourth-order valence-corrected chi connectivity index (χ4v) is 4.67. The molecule has 2 aromatic rings. The Kier molecular flexibility index (Phi) is 6.99. The van der Waals surface area contributed by atoms with Gasteiger partial charge in [0.15, 0.2) is 0 Å². The number of nitrogens with zero attached hydrogens (tertiary/aromatic N) is 2. The first-order valence-electron chi connectivity index (χ1n) is 7.88. The van der Waals surface area contributed by atoms with Gasteiger partial charge < -0.3 is 0 Å². The van der Waals surface area contributed by atoms with Gasteiger partial charge in [-0.15, -0.1) is 0 Å². The van der Waals surface area contributed by atoms with Crippen LogP contribution in [0.5, 0.6) is 0 Å². The highest BCUT2D eigenvalue weighted by molar-refractivity contribution is 7.89. The molecule has 1 aromatic carbocycles. The Hall–Kier alpha value is -1.43. The highest BCUT2D eigenvalue weighted by atomic mass is 35.5. The van der Waals surface area contributed by atoms with E-state index in [0.717, 1.165) is 18.7 Å². The molecule has 2 rings (SSSR count). The Labute approximate surface area is 157 Å². The van der Waals surface area contributed by atoms with Crippen LogP contribution in [0.2, 0.25) is 5.02 Å². The Morgan fingerprint density at radius 2 is 2.04 bits per heavy atom. The van der Waals surface area contributed by atoms with Crippen molar-refractivity contribution in [2.75, 3.05) is 19.6 Å². The Bertz CT molecular complexity index is 841. The van der Waals surface area contributed by atoms with Crippen LogP contribution >= 0.6 is 22.9 Å². The van der Waals surface area contributed by atoms with Crippen LogP contribution in [0.1, 0.15) is 31.0 Å². The number of rotatable bonds is 8. The van der Waals surface area contributed by atoms with Gasteiger partial charge in [0, 0.05) is 12.6 Å². The second-order valence-corrected chi connectivity index (χ2v) is 8.35. The van der Waals surface area contributed by atoms with Crippen LogP contribution in [0.25, 0.3) is 0 Å². The van der Waals surface area contributed by atoms with Crippen molar-refractivity contribution in [1.82, 2.24) is 9.62 Å². The lowest BCUT2D eigenvalue weighted by Gasteiger charge is -2.29. The van der Waals surface area contributed by atoms with Crippen molar-refractivity contribution >= 4 is 33.0 Å². The molecule has 0 fully saturated rings. The van der Waals surface area contributed by atoms with Gasteiger partial charge in [-0.05, 0) is 53.7 Å². The largest absolute Gasteiger partial charge is 0.296 e. The summed E-state index contributed by atoms with van der Waals surface area (Å²) >= 11 is 7.54. The zero-order chi connectivity index (χ0) is 18.4. The van der Waals surface area contributed by atoms with E-state index in [1.807, 2.05) is 22.9 Å². The number of likely N-dealkylation sites (N-methyl/N-ethyl adjacent to an activating group) is 1. The molecule has 0 radical (unpaired) electrons. The van der Waals surface area contributed by atoms with E-state index in [4.69, 9.17) is 16.9 Å². The van der Waals surface area contributed by atoms with Crippen LogP contribution in [0.4, 0.5) is 0 Å². The van der Waals surface area contributed by atoms with Crippen molar-refractivity contribution < 1.29 is 8.42 Å². The van der Waals surface area contributed by atoms with E-state index < -0.39 is 10.0 Å². The molecule has 1 atom stereocenters. The first-order valence-corrected chi connectivity index (χ1v) is 10.7. The SMILES string of the molecule is CCN(CC)[C@H](CNS(=O)(=O)c1ccc(C#N)c(Cl)c1)c1ccsc1. The first kappa shape index (κ1) is 19.9. The summed E-state index contributed by atoms with van der Waals surface area (Å²) in [7, 11) is -3.71. The minimum absolute atomic E-state index is 0.0371. The molecule has 0 amide bonds. The monoisotopic (exact) mass is 397 g/mol. The van der Waals surface area contributed by atoms with E-state index in [2.05, 4.69) is 23.5 Å². The highest BCUT2D eigenvalue weighted by Crippen LogP contribution is 2.24. The summed E-state index contributed by atoms with van der Waals surface area (Å²) in [5, 5.41) is 13.1. The van der Waals surface area contributed by atoms with E-state index in [0.29, 0.717) is 0 Å². The third-order valence-electron chi connectivity index (χ3n) is 4.02. The van der Waals surface area contributed by atoms with Gasteiger partial charge in [-0.25, -0.2) is 13.1 Å². The van der Waals surface area contributed by atoms with Crippen LogP contribution in [-0.4, -0.2) is 33.0 Å². The van der Waals surface area contributed by atoms with Gasteiger partial charge in [-0.1, -0.05) is 25.4 Å². The topological polar surface area (TPSA) is 73.2 Å². The number of nitriles is 1. The molecule has 0 aliphatic heterocycles. The number of benzene rings is 1. The van der Waals surface area contributed by atoms with Crippen LogP contribution in [0, 0.1) is 11.3 Å². The van der Waals surface area contributed by atoms with Crippen LogP contribution in [0.15, 0.2) is 39.9 Å². The fraction of sp³-hybridized carbons (Fsp3) is 0.353. The van der Waals surface area contributed by atoms with Gasteiger partial charge in [0.25, 0.3) is 0 Å². The molecule has 25 heavy (non-hydrogen) atoms. The molecular weight excluding hydrogens is 378 g/mol. The number of halogens is 1. The predicted molar refractivity (Wildman–Crippen MR) is 101 cm³/mol. The summed E-state index contributed by atoms with van der Waals surface area (Å²) in [6.07, 6.45) is 0. The summed E-state index contributed by atoms with van der Waals surface area (Å²) in [5.74, 6) is 0. The van der Waals surface area contributed by atoms with Crippen molar-refractivity contribution in [3.63, 3.8) is 0 Å². The number of sulfonamides is 1. The molecule has 0 saturated carbocycles. The lowest BCUT2D eigenvalue weighted by Crippen LogP contribution is -2.37. The van der Waals surface area contributed by atoms with Crippen molar-refractivity contribution in [2.24, 2.45) is 0 Å². The van der Waals surface area contributed by atoms with Crippen molar-refractivity contribution in [1.29, 1.82) is 5.26 Å². The third kappa shape index (κ3) is 4.81. The molecule has 1 heterocycles. The molecule has 1 N–H and O–H groups in total. The quantitative estimate of drug-likeness (QED) is 0.738. The third-order valence-corrected chi connectivity index (χ3v) is 6.45. The van der Waals surface area contributed by atoms with E-state index in [9.17, 15) is 8.42 Å². The molecule has 0 unspecified atom stereocenters. The van der Waals surface area contributed by atoms with Crippen LogP contribution < -0.4 is 4.72 Å². The molecule has 0 bridgehead atoms. The Morgan fingerprint density at radius 3 is 2.56 bits per heavy atom. The average Bonchev–Trinajstić information content (AvgIpc) is 3.12. The van der Waals surface area contributed by atoms with Crippen LogP contribution in [-0.2, 0) is 10.0 Å². The number of hydrogen-bond acceptors (Lipinski definition) is 5. The normalized spacial score (nSPS) is 12.9. The molecule has 0 saturated heterocycles. The molecule has 1 aromatic heterocycles. The fourth-order valence-electron chi connectivity index (χ4n) is 2.61. The Balaban J connectivity index is 2.21. The molecule has 5 nitrogen and oxygen atoms in total. The zero-order valence-corrected chi connectivity index (χ0v) is 16.5. The second kappa shape index (κ2) is 8.79. The van der Waals surface area contributed by atoms with Gasteiger partial charge in [0.05, 0.1) is 15.5 Å². The molecule has 8 heteroatoms. The predicted octanol–water partition coefficient (Wildman–Crippen LogP) is 3.63. The summed E-state index contributed by atoms with van der Waals surface area (Å²) in [6, 6.07) is 8.01. The lowest BCUT2D eigenvalue weighted by atomic mass is 10.1. The summed E-state index contributed by atoms with van der Waals surface area (Å²) in [4.78, 5) is 2.26. The van der Waals surface area contributed by atoms with E-state index >= 15 is 0 Å². The standard InChI is InChI=1S/C17H20ClN3O2S2/c1-3-21(4-2)17(14-7-8-24-12-14)11-20-25(22,23)15-6-5-13(10-19)16(18)9-15/h5-9,12,17,20H,3-4,11H2,1-2H3/t17-/m1/s1. The summed E-state index contributed by atoms with van der Waals surface area (Å²) in [6.45, 7) is 6.01. The van der Waals surface area contributed by atoms with Crippen molar-refractivity contribution in [2.45, 2.75) is 24.8 Å². The molecule has 0 spiro atoms. The molecule has 134 valence electrons. The number of nitrogens with one attached hydrogen (secondary N) is 1. The van der Waals surface area contributed by atoms with Gasteiger partial charge in [0.1, 0.15) is 6.07 Å². The maximum Gasteiger partial charge on any atom is 0.240 e. The molecule has 0 aliphatic carbocycles. The van der Waals surface area contributed by atoms with Gasteiger partial charge in [0.2, 0.25) is 10.0 Å². The van der Waals surface area contributed by atoms with Crippen molar-refractivity contribution in [3.05, 3.63) is 51.2 Å². The van der Waals surface area contributed by atoms with Crippen LogP contribution in [0.3, 0.4) is 0 Å². The minimum atomic E-state index is -3.71. The van der Waals surface area contributed by atoms with E-state index in [-0.39, 0.29) is 28.1 Å². The lowest BCUT2D eigenvalue weighted by molar-refractivity contribution is 0.220. The minimum Gasteiger partial charge on any atom is -0.296 e. The van der Waals surface area contributed by atoms with Crippen molar-refractivity contribution in [3.8, 4) is 6.07 Å². The summed E-state index contributed by atoms with van der Waals surface area (Å²) in [5.41, 5.74) is 1.34. The van der Waals surface area contributed by atoms with E-state index in [1.165, 1.54) is 18.2 Å². The maximum atomic E-state index is 12.6. The zero-order valence-electron chi connectivity index (χ0n) is 14.1. The van der Waals surface area contributed by atoms with E-state index in [1.54, 1.807) is 11.3 Å². The highest BCUT2D eigenvalue weighted by Gasteiger charge is 2.22. The average molecular weight is 398 g/mol. The second-order valence-electron chi connectivity index (χ2n) is 5.40. The van der Waals surface area contributed by atoms with Gasteiger partial charge in [-0.2, -0.15) is 16.6 Å². The number of thiophene rings is 1. The molecule has 0 aliphatic rings. The van der Waals surface area contributed by atoms with Gasteiger partial charge in [-0.3, -0.25) is 4.90 Å². The number of hydrogen-bond donors (Lipinski definition) is 1.